The summed E-state index contributed by atoms with van der Waals surface area (Å²) in [6.45, 7) is 1.95. The molecule has 0 spiro atoms. The van der Waals surface area contributed by atoms with E-state index in [1.54, 1.807) is 12.1 Å². The maximum Gasteiger partial charge on any atom is 0.268 e. The first-order chi connectivity index (χ1) is 10.7. The number of hydrogen-bond donors (Lipinski definition) is 1. The second-order valence-corrected chi connectivity index (χ2v) is 5.32. The van der Waals surface area contributed by atoms with Gasteiger partial charge in [-0.2, -0.15) is 0 Å². The number of hydrogen-bond acceptors (Lipinski definition) is 2. The second kappa shape index (κ2) is 6.00. The van der Waals surface area contributed by atoms with Crippen LogP contribution >= 0.6 is 0 Å². The van der Waals surface area contributed by atoms with Crippen LogP contribution in [0.3, 0.4) is 0 Å². The van der Waals surface area contributed by atoms with Crippen LogP contribution in [0.1, 0.15) is 28.9 Å². The maximum absolute atomic E-state index is 12.5. The van der Waals surface area contributed by atoms with Crippen molar-refractivity contribution in [1.82, 2.24) is 5.01 Å². The van der Waals surface area contributed by atoms with E-state index in [1.807, 2.05) is 49.4 Å². The molecule has 0 aliphatic rings. The number of amides is 1. The minimum absolute atomic E-state index is 0.180. The van der Waals surface area contributed by atoms with Gasteiger partial charge in [0.25, 0.3) is 5.91 Å². The van der Waals surface area contributed by atoms with Crippen LogP contribution in [-0.4, -0.2) is 10.9 Å². The van der Waals surface area contributed by atoms with E-state index in [-0.39, 0.29) is 11.9 Å². The second-order valence-electron chi connectivity index (χ2n) is 5.32. The summed E-state index contributed by atoms with van der Waals surface area (Å²) < 4.78 is 0. The van der Waals surface area contributed by atoms with E-state index in [1.165, 1.54) is 5.01 Å². The minimum Gasteiger partial charge on any atom is -0.269 e. The molecule has 3 heteroatoms. The van der Waals surface area contributed by atoms with E-state index in [0.29, 0.717) is 5.56 Å². The van der Waals surface area contributed by atoms with Gasteiger partial charge in [-0.25, -0.2) is 5.84 Å². The Morgan fingerprint density at radius 2 is 1.55 bits per heavy atom. The molecule has 22 heavy (non-hydrogen) atoms. The Morgan fingerprint density at radius 1 is 0.909 bits per heavy atom. The molecule has 0 radical (unpaired) electrons. The first-order valence-corrected chi connectivity index (χ1v) is 7.29. The molecule has 3 nitrogen and oxygen atoms in total. The summed E-state index contributed by atoms with van der Waals surface area (Å²) in [6, 6.07) is 23.1. The molecule has 2 N–H and O–H groups in total. The van der Waals surface area contributed by atoms with Crippen molar-refractivity contribution in [3.05, 3.63) is 83.9 Å². The standard InChI is InChI=1S/C19H18N2O/c1-14(21(20)19(22)16-9-3-2-4-10-16)17-13-7-11-15-8-5-6-12-18(15)17/h2-14H,20H2,1H3. The van der Waals surface area contributed by atoms with Gasteiger partial charge >= 0.3 is 0 Å². The fourth-order valence-corrected chi connectivity index (χ4v) is 2.67. The van der Waals surface area contributed by atoms with E-state index in [2.05, 4.69) is 18.2 Å². The number of fused-ring (bicyclic) bond motifs is 1. The van der Waals surface area contributed by atoms with Gasteiger partial charge in [0.15, 0.2) is 0 Å². The molecule has 110 valence electrons. The zero-order chi connectivity index (χ0) is 15.5. The molecule has 0 saturated heterocycles. The van der Waals surface area contributed by atoms with Crippen LogP contribution in [0.4, 0.5) is 0 Å². The third kappa shape index (κ3) is 2.59. The molecule has 1 amide bonds. The number of nitrogens with zero attached hydrogens (tertiary/aromatic N) is 1. The van der Waals surface area contributed by atoms with Crippen molar-refractivity contribution in [2.45, 2.75) is 13.0 Å². The molecule has 0 aromatic heterocycles. The summed E-state index contributed by atoms with van der Waals surface area (Å²) in [4.78, 5) is 12.5. The van der Waals surface area contributed by atoms with Crippen molar-refractivity contribution in [3.63, 3.8) is 0 Å². The van der Waals surface area contributed by atoms with Gasteiger partial charge in [-0.05, 0) is 35.4 Å². The zero-order valence-electron chi connectivity index (χ0n) is 12.4. The molecule has 3 aromatic rings. The van der Waals surface area contributed by atoms with Gasteiger partial charge < -0.3 is 0 Å². The molecule has 0 aliphatic heterocycles. The number of benzene rings is 3. The van der Waals surface area contributed by atoms with Gasteiger partial charge in [-0.15, -0.1) is 0 Å². The zero-order valence-corrected chi connectivity index (χ0v) is 12.4. The highest BCUT2D eigenvalue weighted by molar-refractivity contribution is 5.94. The first-order valence-electron chi connectivity index (χ1n) is 7.29. The van der Waals surface area contributed by atoms with E-state index in [0.717, 1.165) is 16.3 Å². The average molecular weight is 290 g/mol. The fraction of sp³-hybridized carbons (Fsp3) is 0.105. The summed E-state index contributed by atoms with van der Waals surface area (Å²) in [5, 5.41) is 3.57. The van der Waals surface area contributed by atoms with Crippen molar-refractivity contribution in [2.75, 3.05) is 0 Å². The fourth-order valence-electron chi connectivity index (χ4n) is 2.67. The topological polar surface area (TPSA) is 46.3 Å². The van der Waals surface area contributed by atoms with Crippen molar-refractivity contribution in [1.29, 1.82) is 0 Å². The van der Waals surface area contributed by atoms with Gasteiger partial charge in [0, 0.05) is 5.56 Å². The Kier molecular flexibility index (Phi) is 3.90. The quantitative estimate of drug-likeness (QED) is 0.451. The predicted octanol–water partition coefficient (Wildman–Crippen LogP) is 3.92. The lowest BCUT2D eigenvalue weighted by atomic mass is 9.99. The van der Waals surface area contributed by atoms with E-state index >= 15 is 0 Å². The van der Waals surface area contributed by atoms with Crippen LogP contribution in [-0.2, 0) is 0 Å². The number of nitrogens with two attached hydrogens (primary N) is 1. The SMILES string of the molecule is CC(c1cccc2ccccc12)N(N)C(=O)c1ccccc1. The maximum atomic E-state index is 12.5. The van der Waals surface area contributed by atoms with Crippen LogP contribution in [0.2, 0.25) is 0 Å². The van der Waals surface area contributed by atoms with Gasteiger partial charge in [0.05, 0.1) is 6.04 Å². The highest BCUT2D eigenvalue weighted by Gasteiger charge is 2.20. The monoisotopic (exact) mass is 290 g/mol. The third-order valence-corrected chi connectivity index (χ3v) is 3.95. The molecular formula is C19H18N2O. The lowest BCUT2D eigenvalue weighted by molar-refractivity contribution is 0.0691. The van der Waals surface area contributed by atoms with Crippen molar-refractivity contribution in [2.24, 2.45) is 5.84 Å². The van der Waals surface area contributed by atoms with E-state index < -0.39 is 0 Å². The molecule has 1 atom stereocenters. The number of carbonyl (C=O) groups excluding carboxylic acids is 1. The molecule has 3 rings (SSSR count). The Morgan fingerprint density at radius 3 is 2.32 bits per heavy atom. The van der Waals surface area contributed by atoms with Gasteiger partial charge in [-0.1, -0.05) is 60.7 Å². The lowest BCUT2D eigenvalue weighted by Gasteiger charge is -2.25. The van der Waals surface area contributed by atoms with Crippen LogP contribution in [0, 0.1) is 0 Å². The van der Waals surface area contributed by atoms with Gasteiger partial charge in [-0.3, -0.25) is 9.80 Å². The van der Waals surface area contributed by atoms with E-state index in [9.17, 15) is 4.79 Å². The van der Waals surface area contributed by atoms with Crippen LogP contribution in [0.15, 0.2) is 72.8 Å². The molecule has 3 aromatic carbocycles. The predicted molar refractivity (Wildman–Crippen MR) is 89.2 cm³/mol. The molecule has 1 unspecified atom stereocenters. The Bertz CT molecular complexity index is 793. The van der Waals surface area contributed by atoms with Gasteiger partial charge in [0.2, 0.25) is 0 Å². The third-order valence-electron chi connectivity index (χ3n) is 3.95. The summed E-state index contributed by atoms with van der Waals surface area (Å²) >= 11 is 0. The molecule has 0 bridgehead atoms. The summed E-state index contributed by atoms with van der Waals surface area (Å²) in [6.07, 6.45) is 0. The van der Waals surface area contributed by atoms with Crippen LogP contribution in [0.25, 0.3) is 10.8 Å². The van der Waals surface area contributed by atoms with Gasteiger partial charge in [0.1, 0.15) is 0 Å². The molecular weight excluding hydrogens is 272 g/mol. The summed E-state index contributed by atoms with van der Waals surface area (Å²) in [7, 11) is 0. The number of carbonyl (C=O) groups is 1. The highest BCUT2D eigenvalue weighted by atomic mass is 16.2. The normalized spacial score (nSPS) is 12.1. The largest absolute Gasteiger partial charge is 0.269 e. The molecule has 0 heterocycles. The number of hydrazine groups is 1. The lowest BCUT2D eigenvalue weighted by Crippen LogP contribution is -2.39. The van der Waals surface area contributed by atoms with Crippen molar-refractivity contribution in [3.8, 4) is 0 Å². The Labute approximate surface area is 129 Å². The van der Waals surface area contributed by atoms with E-state index in [4.69, 9.17) is 5.84 Å². The van der Waals surface area contributed by atoms with Crippen molar-refractivity contribution < 1.29 is 4.79 Å². The minimum atomic E-state index is -0.209. The summed E-state index contributed by atoms with van der Waals surface area (Å²) in [5.74, 6) is 5.92. The summed E-state index contributed by atoms with van der Waals surface area (Å²) in [5.41, 5.74) is 1.64. The number of rotatable bonds is 3. The van der Waals surface area contributed by atoms with Crippen LogP contribution < -0.4 is 5.84 Å². The molecule has 0 saturated carbocycles. The Balaban J connectivity index is 1.95. The van der Waals surface area contributed by atoms with Crippen LogP contribution in [0.5, 0.6) is 0 Å². The molecule has 0 aliphatic carbocycles. The highest BCUT2D eigenvalue weighted by Crippen LogP contribution is 2.27. The van der Waals surface area contributed by atoms with Crippen molar-refractivity contribution >= 4 is 16.7 Å². The molecule has 0 fully saturated rings. The average Bonchev–Trinajstić information content (AvgIpc) is 2.60. The first kappa shape index (κ1) is 14.3. The Hall–Kier alpha value is -2.65. The smallest absolute Gasteiger partial charge is 0.268 e.